The first kappa shape index (κ1) is 20.1. The summed E-state index contributed by atoms with van der Waals surface area (Å²) in [7, 11) is 3.96. The van der Waals surface area contributed by atoms with E-state index < -0.39 is 0 Å². The lowest BCUT2D eigenvalue weighted by molar-refractivity contribution is 0.102. The third-order valence-corrected chi connectivity index (χ3v) is 5.14. The van der Waals surface area contributed by atoms with E-state index in [1.54, 1.807) is 27.9 Å². The van der Waals surface area contributed by atoms with Gasteiger partial charge >= 0.3 is 6.03 Å². The molecule has 0 bridgehead atoms. The van der Waals surface area contributed by atoms with E-state index in [9.17, 15) is 9.59 Å². The van der Waals surface area contributed by atoms with Crippen LogP contribution in [-0.2, 0) is 6.54 Å². The number of thiophene rings is 1. The smallest absolute Gasteiger partial charge is 0.317 e. The minimum atomic E-state index is -0.312. The Morgan fingerprint density at radius 1 is 1.25 bits per heavy atom. The number of nitrogens with one attached hydrogen (secondary N) is 2. The Kier molecular flexibility index (Phi) is 6.48. The lowest BCUT2D eigenvalue weighted by Crippen LogP contribution is -2.43. The molecule has 0 spiro atoms. The summed E-state index contributed by atoms with van der Waals surface area (Å²) >= 11 is 1.42. The van der Waals surface area contributed by atoms with Gasteiger partial charge in [-0.2, -0.15) is 0 Å². The fourth-order valence-corrected chi connectivity index (χ4v) is 3.21. The second-order valence-electron chi connectivity index (χ2n) is 7.20. The van der Waals surface area contributed by atoms with E-state index in [0.29, 0.717) is 36.2 Å². The van der Waals surface area contributed by atoms with Crippen LogP contribution in [-0.4, -0.2) is 59.9 Å². The summed E-state index contributed by atoms with van der Waals surface area (Å²) in [5, 5.41) is 9.33. The number of rotatable bonds is 8. The van der Waals surface area contributed by atoms with Gasteiger partial charge < -0.3 is 26.2 Å². The third-order valence-electron chi connectivity index (χ3n) is 4.38. The van der Waals surface area contributed by atoms with Crippen LogP contribution >= 0.6 is 11.3 Å². The van der Waals surface area contributed by atoms with Crippen molar-refractivity contribution in [1.82, 2.24) is 20.1 Å². The van der Waals surface area contributed by atoms with Crippen LogP contribution in [0.3, 0.4) is 0 Å². The molecule has 28 heavy (non-hydrogen) atoms. The molecule has 3 rings (SSSR count). The highest BCUT2D eigenvalue weighted by Gasteiger charge is 2.26. The number of anilines is 2. The molecule has 0 unspecified atom stereocenters. The van der Waals surface area contributed by atoms with Crippen LogP contribution in [0, 0.1) is 0 Å². The molecule has 8 nitrogen and oxygen atoms in total. The fourth-order valence-electron chi connectivity index (χ4n) is 2.53. The number of nitrogens with two attached hydrogens (primary N) is 1. The fraction of sp³-hybridized carbons (Fsp3) is 0.421. The molecular formula is C19H26N6O2S. The van der Waals surface area contributed by atoms with Gasteiger partial charge in [0.1, 0.15) is 5.69 Å². The molecule has 0 aromatic carbocycles. The van der Waals surface area contributed by atoms with Crippen molar-refractivity contribution in [2.24, 2.45) is 0 Å². The lowest BCUT2D eigenvalue weighted by Gasteiger charge is -2.24. The highest BCUT2D eigenvalue weighted by molar-refractivity contribution is 7.09. The van der Waals surface area contributed by atoms with Gasteiger partial charge in [0.05, 0.1) is 11.4 Å². The Morgan fingerprint density at radius 2 is 2.04 bits per heavy atom. The van der Waals surface area contributed by atoms with Gasteiger partial charge in [0.25, 0.3) is 5.91 Å². The molecule has 0 aliphatic heterocycles. The van der Waals surface area contributed by atoms with E-state index in [2.05, 4.69) is 15.6 Å². The van der Waals surface area contributed by atoms with Crippen molar-refractivity contribution in [3.63, 3.8) is 0 Å². The first-order chi connectivity index (χ1) is 13.4. The molecule has 2 aromatic heterocycles. The number of likely N-dealkylation sites (N-methyl/N-ethyl adjacent to an activating group) is 1. The average Bonchev–Trinajstić information content (AvgIpc) is 3.39. The standard InChI is InChI=1S/C19H26N6O2S/c1-24(2)7-8-25(19(27)22-14-4-5-14)10-13-3-6-16(21-9-13)18(26)23-17-12-28-11-15(17)20/h3,6,9,11-12,14H,4-5,7-8,10,20H2,1-2H3,(H,22,27)(H,23,26). The highest BCUT2D eigenvalue weighted by Crippen LogP contribution is 2.23. The number of aromatic nitrogens is 1. The quantitative estimate of drug-likeness (QED) is 0.628. The van der Waals surface area contributed by atoms with Crippen molar-refractivity contribution in [1.29, 1.82) is 0 Å². The summed E-state index contributed by atoms with van der Waals surface area (Å²) in [6.07, 6.45) is 3.74. The first-order valence-corrected chi connectivity index (χ1v) is 10.1. The van der Waals surface area contributed by atoms with Crippen molar-refractivity contribution in [3.05, 3.63) is 40.3 Å². The van der Waals surface area contributed by atoms with E-state index in [4.69, 9.17) is 5.73 Å². The maximum absolute atomic E-state index is 12.5. The second kappa shape index (κ2) is 9.03. The zero-order chi connectivity index (χ0) is 20.1. The molecule has 3 amide bonds. The molecule has 1 fully saturated rings. The zero-order valence-electron chi connectivity index (χ0n) is 16.1. The largest absolute Gasteiger partial charge is 0.396 e. The number of carbonyl (C=O) groups excluding carboxylic acids is 2. The Balaban J connectivity index is 1.61. The van der Waals surface area contributed by atoms with Gasteiger partial charge in [0.15, 0.2) is 0 Å². The number of hydrogen-bond donors (Lipinski definition) is 3. The number of nitrogens with zero attached hydrogens (tertiary/aromatic N) is 3. The van der Waals surface area contributed by atoms with Gasteiger partial charge in [-0.3, -0.25) is 9.78 Å². The summed E-state index contributed by atoms with van der Waals surface area (Å²) in [4.78, 5) is 32.9. The summed E-state index contributed by atoms with van der Waals surface area (Å²) in [5.41, 5.74) is 8.09. The van der Waals surface area contributed by atoms with E-state index in [0.717, 1.165) is 24.9 Å². The molecule has 0 saturated heterocycles. The van der Waals surface area contributed by atoms with Gasteiger partial charge in [0.2, 0.25) is 0 Å². The molecule has 2 aromatic rings. The lowest BCUT2D eigenvalue weighted by atomic mass is 10.2. The number of hydrogen-bond acceptors (Lipinski definition) is 6. The summed E-state index contributed by atoms with van der Waals surface area (Å²) in [6.45, 7) is 1.83. The highest BCUT2D eigenvalue weighted by atomic mass is 32.1. The Labute approximate surface area is 168 Å². The number of amides is 3. The van der Waals surface area contributed by atoms with E-state index in [-0.39, 0.29) is 11.9 Å². The number of pyridine rings is 1. The van der Waals surface area contributed by atoms with Gasteiger partial charge in [-0.15, -0.1) is 11.3 Å². The monoisotopic (exact) mass is 402 g/mol. The topological polar surface area (TPSA) is 104 Å². The van der Waals surface area contributed by atoms with Crippen LogP contribution in [0.25, 0.3) is 0 Å². The molecule has 9 heteroatoms. The Morgan fingerprint density at radius 3 is 2.61 bits per heavy atom. The van der Waals surface area contributed by atoms with Gasteiger partial charge in [0, 0.05) is 42.6 Å². The minimum Gasteiger partial charge on any atom is -0.396 e. The molecule has 0 radical (unpaired) electrons. The van der Waals surface area contributed by atoms with Crippen molar-refractivity contribution < 1.29 is 9.59 Å². The predicted molar refractivity (Wildman–Crippen MR) is 111 cm³/mol. The average molecular weight is 403 g/mol. The number of nitrogen functional groups attached to an aromatic ring is 1. The van der Waals surface area contributed by atoms with Gasteiger partial charge in [-0.25, -0.2) is 4.79 Å². The Bertz CT molecular complexity index is 816. The summed E-state index contributed by atoms with van der Waals surface area (Å²) < 4.78 is 0. The normalized spacial score (nSPS) is 13.4. The van der Waals surface area contributed by atoms with Gasteiger partial charge in [-0.1, -0.05) is 6.07 Å². The molecule has 150 valence electrons. The van der Waals surface area contributed by atoms with Crippen molar-refractivity contribution >= 4 is 34.6 Å². The van der Waals surface area contributed by atoms with Crippen LogP contribution < -0.4 is 16.4 Å². The maximum atomic E-state index is 12.5. The Hall–Kier alpha value is -2.65. The molecule has 2 heterocycles. The summed E-state index contributed by atoms with van der Waals surface area (Å²) in [5.74, 6) is -0.312. The van der Waals surface area contributed by atoms with Gasteiger partial charge in [-0.05, 0) is 38.6 Å². The van der Waals surface area contributed by atoms with E-state index in [1.165, 1.54) is 11.3 Å². The van der Waals surface area contributed by atoms with Crippen molar-refractivity contribution in [2.45, 2.75) is 25.4 Å². The van der Waals surface area contributed by atoms with Crippen molar-refractivity contribution in [3.8, 4) is 0 Å². The third kappa shape index (κ3) is 5.67. The SMILES string of the molecule is CN(C)CCN(Cc1ccc(C(=O)Nc2cscc2N)nc1)C(=O)NC1CC1. The summed E-state index contributed by atoms with van der Waals surface area (Å²) in [6, 6.07) is 3.74. The van der Waals surface area contributed by atoms with E-state index in [1.807, 2.05) is 25.1 Å². The zero-order valence-corrected chi connectivity index (χ0v) is 17.0. The van der Waals surface area contributed by atoms with Crippen LogP contribution in [0.4, 0.5) is 16.2 Å². The van der Waals surface area contributed by atoms with Crippen LogP contribution in [0.5, 0.6) is 0 Å². The van der Waals surface area contributed by atoms with Crippen LogP contribution in [0.1, 0.15) is 28.9 Å². The molecule has 1 aliphatic rings. The number of carbonyl (C=O) groups is 2. The molecule has 1 saturated carbocycles. The van der Waals surface area contributed by atoms with Crippen LogP contribution in [0.15, 0.2) is 29.1 Å². The van der Waals surface area contributed by atoms with Crippen LogP contribution in [0.2, 0.25) is 0 Å². The molecular weight excluding hydrogens is 376 g/mol. The predicted octanol–water partition coefficient (Wildman–Crippen LogP) is 2.21. The molecule has 0 atom stereocenters. The minimum absolute atomic E-state index is 0.0564. The van der Waals surface area contributed by atoms with Crippen molar-refractivity contribution in [2.75, 3.05) is 38.2 Å². The second-order valence-corrected chi connectivity index (χ2v) is 7.94. The van der Waals surface area contributed by atoms with E-state index >= 15 is 0 Å². The first-order valence-electron chi connectivity index (χ1n) is 9.20. The molecule has 1 aliphatic carbocycles. The molecule has 4 N–H and O–H groups in total. The maximum Gasteiger partial charge on any atom is 0.317 e. The number of urea groups is 1.